The van der Waals surface area contributed by atoms with Crippen LogP contribution in [0, 0.1) is 24.8 Å². The Balaban J connectivity index is 1.67. The fourth-order valence-electron chi connectivity index (χ4n) is 3.46. The van der Waals surface area contributed by atoms with E-state index >= 15 is 0 Å². The minimum Gasteiger partial charge on any atom is -0.491 e. The summed E-state index contributed by atoms with van der Waals surface area (Å²) in [5.41, 5.74) is 9.20. The Morgan fingerprint density at radius 2 is 1.89 bits per heavy atom. The van der Waals surface area contributed by atoms with Gasteiger partial charge in [-0.15, -0.1) is 0 Å². The number of anilines is 1. The van der Waals surface area contributed by atoms with Gasteiger partial charge in [0.2, 0.25) is 11.6 Å². The molecule has 9 heteroatoms. The van der Waals surface area contributed by atoms with Crippen molar-refractivity contribution in [2.24, 2.45) is 0 Å². The number of hydrogen-bond acceptors (Lipinski definition) is 8. The first-order chi connectivity index (χ1) is 17.0. The minimum atomic E-state index is -0.0957. The number of aryl methyl sites for hydroxylation is 1. The largest absolute Gasteiger partial charge is 0.491 e. The number of aliphatic hydroxyl groups is 1. The van der Waals surface area contributed by atoms with Crippen molar-refractivity contribution in [1.29, 1.82) is 5.26 Å². The maximum absolute atomic E-state index is 10.0. The summed E-state index contributed by atoms with van der Waals surface area (Å²) in [6.45, 7) is 9.53. The molecule has 8 nitrogen and oxygen atoms in total. The van der Waals surface area contributed by atoms with Gasteiger partial charge in [-0.3, -0.25) is 0 Å². The van der Waals surface area contributed by atoms with Gasteiger partial charge in [0.1, 0.15) is 35.0 Å². The number of oxazole rings is 1. The van der Waals surface area contributed by atoms with Gasteiger partial charge in [0, 0.05) is 16.9 Å². The second-order valence-electron chi connectivity index (χ2n) is 7.40. The summed E-state index contributed by atoms with van der Waals surface area (Å²) in [4.78, 5) is 12.5. The lowest BCUT2D eigenvalue weighted by Crippen LogP contribution is -2.02. The number of nitrogens with zero attached hydrogens (tertiary/aromatic N) is 4. The van der Waals surface area contributed by atoms with E-state index in [1.54, 1.807) is 24.3 Å². The van der Waals surface area contributed by atoms with Crippen LogP contribution in [0.4, 0.5) is 11.5 Å². The molecule has 0 aliphatic carbocycles. The molecule has 0 unspecified atom stereocenters. The van der Waals surface area contributed by atoms with Crippen molar-refractivity contribution in [2.75, 3.05) is 18.9 Å². The number of aromatic nitrogens is 2. The third-order valence-corrected chi connectivity index (χ3v) is 6.14. The molecule has 3 N–H and O–H groups in total. The fourth-order valence-corrected chi connectivity index (χ4v) is 4.45. The number of aliphatic hydroxyl groups excluding tert-OH is 1. The van der Waals surface area contributed by atoms with Gasteiger partial charge in [0.15, 0.2) is 0 Å². The van der Waals surface area contributed by atoms with Crippen LogP contribution in [-0.4, -0.2) is 28.3 Å². The summed E-state index contributed by atoms with van der Waals surface area (Å²) in [6.07, 6.45) is 0. The Hall–Kier alpha value is -4.31. The molecule has 0 radical (unpaired) electrons. The Kier molecular flexibility index (Phi) is 7.32. The van der Waals surface area contributed by atoms with Crippen LogP contribution >= 0.6 is 11.8 Å². The highest BCUT2D eigenvalue weighted by atomic mass is 32.2. The van der Waals surface area contributed by atoms with Gasteiger partial charge in [-0.25, -0.2) is 14.8 Å². The van der Waals surface area contributed by atoms with E-state index < -0.39 is 0 Å². The van der Waals surface area contributed by atoms with Gasteiger partial charge in [-0.05, 0) is 36.8 Å². The highest BCUT2D eigenvalue weighted by molar-refractivity contribution is 7.98. The molecule has 0 atom stereocenters. The highest BCUT2D eigenvalue weighted by Gasteiger charge is 2.22. The van der Waals surface area contributed by atoms with Crippen LogP contribution in [0.3, 0.4) is 0 Å². The number of benzene rings is 2. The summed E-state index contributed by atoms with van der Waals surface area (Å²) in [7, 11) is 0. The predicted molar refractivity (Wildman–Crippen MR) is 134 cm³/mol. The Morgan fingerprint density at radius 1 is 1.14 bits per heavy atom. The van der Waals surface area contributed by atoms with E-state index in [4.69, 9.17) is 26.6 Å². The van der Waals surface area contributed by atoms with Gasteiger partial charge in [0.25, 0.3) is 0 Å². The third-order valence-electron chi connectivity index (χ3n) is 5.15. The number of pyridine rings is 1. The summed E-state index contributed by atoms with van der Waals surface area (Å²) in [5.74, 6) is 2.24. The molecule has 0 amide bonds. The molecule has 0 saturated heterocycles. The Bertz CT molecular complexity index is 1420. The Morgan fingerprint density at radius 3 is 2.54 bits per heavy atom. The molecule has 174 valence electrons. The fraction of sp³-hybridized carbons (Fsp3) is 0.154. The second kappa shape index (κ2) is 10.7. The van der Waals surface area contributed by atoms with E-state index in [2.05, 4.69) is 20.9 Å². The van der Waals surface area contributed by atoms with Gasteiger partial charge < -0.3 is 20.0 Å². The van der Waals surface area contributed by atoms with Crippen LogP contribution in [-0.2, 0) is 5.75 Å². The first kappa shape index (κ1) is 23.8. The highest BCUT2D eigenvalue weighted by Crippen LogP contribution is 2.42. The standard InChI is InChI=1S/C26H21N5O3S/c1-16-21(30-25(34-16)18-6-4-3-5-7-18)15-35-26-20(14-27)22(23(29-2)24(28)31-26)17-8-10-19(11-9-17)33-13-12-32/h3-11,32H,12-13,15H2,1H3,(H2,28,31). The van der Waals surface area contributed by atoms with Crippen molar-refractivity contribution in [1.82, 2.24) is 9.97 Å². The number of rotatable bonds is 8. The normalized spacial score (nSPS) is 10.5. The monoisotopic (exact) mass is 483 g/mol. The topological polar surface area (TPSA) is 123 Å². The molecular weight excluding hydrogens is 462 g/mol. The smallest absolute Gasteiger partial charge is 0.236 e. The zero-order valence-corrected chi connectivity index (χ0v) is 19.7. The number of nitrogen functional groups attached to an aromatic ring is 1. The van der Waals surface area contributed by atoms with Crippen molar-refractivity contribution < 1.29 is 14.3 Å². The predicted octanol–water partition coefficient (Wildman–Crippen LogP) is 5.38. The molecule has 4 aromatic rings. The van der Waals surface area contributed by atoms with Crippen molar-refractivity contribution in [2.45, 2.75) is 17.7 Å². The van der Waals surface area contributed by atoms with Crippen LogP contribution in [0.2, 0.25) is 0 Å². The molecular formula is C26H21N5O3S. The molecule has 2 heterocycles. The molecule has 2 aromatic heterocycles. The maximum Gasteiger partial charge on any atom is 0.236 e. The van der Waals surface area contributed by atoms with Crippen LogP contribution in [0.5, 0.6) is 5.75 Å². The van der Waals surface area contributed by atoms with E-state index in [1.165, 1.54) is 11.8 Å². The van der Waals surface area contributed by atoms with Crippen molar-refractivity contribution in [3.63, 3.8) is 0 Å². The number of thioether (sulfide) groups is 1. The lowest BCUT2D eigenvalue weighted by atomic mass is 10.00. The van der Waals surface area contributed by atoms with Crippen LogP contribution in [0.25, 0.3) is 27.4 Å². The number of nitrogens with two attached hydrogens (primary N) is 1. The first-order valence-corrected chi connectivity index (χ1v) is 11.6. The quantitative estimate of drug-likeness (QED) is 0.253. The van der Waals surface area contributed by atoms with Crippen molar-refractivity contribution in [3.8, 4) is 34.4 Å². The zero-order chi connectivity index (χ0) is 24.8. The summed E-state index contributed by atoms with van der Waals surface area (Å²) in [6, 6.07) is 18.7. The molecule has 0 bridgehead atoms. The maximum atomic E-state index is 10.0. The second-order valence-corrected chi connectivity index (χ2v) is 8.36. The Labute approximate surface area is 206 Å². The van der Waals surface area contributed by atoms with E-state index in [9.17, 15) is 5.26 Å². The van der Waals surface area contributed by atoms with Crippen LogP contribution in [0.15, 0.2) is 64.0 Å². The molecule has 0 aliphatic heterocycles. The average Bonchev–Trinajstić information content (AvgIpc) is 3.27. The lowest BCUT2D eigenvalue weighted by molar-refractivity contribution is 0.201. The summed E-state index contributed by atoms with van der Waals surface area (Å²) < 4.78 is 11.2. The lowest BCUT2D eigenvalue weighted by Gasteiger charge is -2.13. The molecule has 0 saturated carbocycles. The van der Waals surface area contributed by atoms with E-state index in [0.717, 1.165) is 11.3 Å². The third kappa shape index (κ3) is 5.12. The van der Waals surface area contributed by atoms with Gasteiger partial charge >= 0.3 is 0 Å². The number of nitriles is 1. The van der Waals surface area contributed by atoms with Crippen LogP contribution in [0.1, 0.15) is 17.0 Å². The van der Waals surface area contributed by atoms with Gasteiger partial charge in [0.05, 0.1) is 24.4 Å². The first-order valence-electron chi connectivity index (χ1n) is 10.6. The SMILES string of the molecule is [C-]#[N+]c1c(N)nc(SCc2nc(-c3ccccc3)oc2C)c(C#N)c1-c1ccc(OCCO)cc1. The van der Waals surface area contributed by atoms with Gasteiger partial charge in [-0.1, -0.05) is 42.1 Å². The molecule has 0 spiro atoms. The molecule has 0 fully saturated rings. The van der Waals surface area contributed by atoms with Gasteiger partial charge in [-0.2, -0.15) is 5.26 Å². The van der Waals surface area contributed by atoms with Crippen molar-refractivity contribution in [3.05, 3.63) is 83.0 Å². The molecule has 2 aromatic carbocycles. The molecule has 35 heavy (non-hydrogen) atoms. The van der Waals surface area contributed by atoms with Crippen LogP contribution < -0.4 is 10.5 Å². The number of hydrogen-bond donors (Lipinski definition) is 2. The average molecular weight is 484 g/mol. The number of ether oxygens (including phenoxy) is 1. The van der Waals surface area contributed by atoms with E-state index in [0.29, 0.717) is 39.3 Å². The molecule has 0 aliphatic rings. The zero-order valence-electron chi connectivity index (χ0n) is 18.9. The summed E-state index contributed by atoms with van der Waals surface area (Å²) in [5, 5.41) is 19.4. The minimum absolute atomic E-state index is 0.0546. The molecule has 4 rings (SSSR count). The van der Waals surface area contributed by atoms with E-state index in [1.807, 2.05) is 37.3 Å². The van der Waals surface area contributed by atoms with Crippen molar-refractivity contribution >= 4 is 23.3 Å². The van der Waals surface area contributed by atoms with E-state index in [-0.39, 0.29) is 30.3 Å². The summed E-state index contributed by atoms with van der Waals surface area (Å²) >= 11 is 1.31.